The van der Waals surface area contributed by atoms with Crippen LogP contribution in [0.2, 0.25) is 0 Å². The number of rotatable bonds is 2. The molecule has 11 heavy (non-hydrogen) atoms. The first kappa shape index (κ1) is 8.35. The molecule has 0 unspecified atom stereocenters. The van der Waals surface area contributed by atoms with Crippen LogP contribution in [0, 0.1) is 0 Å². The van der Waals surface area contributed by atoms with Crippen molar-refractivity contribution in [2.24, 2.45) is 0 Å². The molecule has 1 heterocycles. The van der Waals surface area contributed by atoms with Crippen LogP contribution in [-0.4, -0.2) is 34.3 Å². The lowest BCUT2D eigenvalue weighted by Gasteiger charge is -1.97. The minimum absolute atomic E-state index is 0.0417. The zero-order valence-corrected chi connectivity index (χ0v) is 5.51. The topological polar surface area (TPSA) is 94.1 Å². The molecular weight excluding hydrogens is 150 g/mol. The lowest BCUT2D eigenvalue weighted by atomic mass is 9.68. The van der Waals surface area contributed by atoms with Gasteiger partial charge in [-0.3, -0.25) is 0 Å². The van der Waals surface area contributed by atoms with E-state index in [0.29, 0.717) is 0 Å². The summed E-state index contributed by atoms with van der Waals surface area (Å²) in [7, 11) is -3.49. The fraction of sp³-hybridized carbons (Fsp3) is 0. The molecule has 7 heteroatoms. The van der Waals surface area contributed by atoms with E-state index in [0.717, 1.165) is 12.5 Å². The minimum Gasteiger partial charge on any atom is -0.473 e. The van der Waals surface area contributed by atoms with Gasteiger partial charge in [-0.05, 0) is 0 Å². The molecule has 0 bridgehead atoms. The molecule has 0 saturated carbocycles. The molecule has 0 aliphatic carbocycles. The summed E-state index contributed by atoms with van der Waals surface area (Å²) in [5, 5.41) is 34.5. The highest BCUT2D eigenvalue weighted by atomic mass is 16.4. The van der Waals surface area contributed by atoms with Gasteiger partial charge in [0.1, 0.15) is 0 Å². The largest absolute Gasteiger partial charge is 0.491 e. The van der Waals surface area contributed by atoms with Gasteiger partial charge in [0.15, 0.2) is 0 Å². The molecule has 0 aliphatic rings. The molecule has 5 nitrogen and oxygen atoms in total. The zero-order chi connectivity index (χ0) is 8.43. The Morgan fingerprint density at radius 3 is 1.55 bits per heavy atom. The zero-order valence-electron chi connectivity index (χ0n) is 5.51. The van der Waals surface area contributed by atoms with Crippen molar-refractivity contribution in [2.75, 3.05) is 0 Å². The molecule has 4 N–H and O–H groups in total. The third kappa shape index (κ3) is 1.63. The van der Waals surface area contributed by atoms with E-state index in [4.69, 9.17) is 20.1 Å². The van der Waals surface area contributed by atoms with Crippen molar-refractivity contribution in [3.8, 4) is 0 Å². The van der Waals surface area contributed by atoms with E-state index in [-0.39, 0.29) is 10.9 Å². The van der Waals surface area contributed by atoms with E-state index >= 15 is 0 Å². The van der Waals surface area contributed by atoms with E-state index in [1.807, 2.05) is 0 Å². The lowest BCUT2D eigenvalue weighted by molar-refractivity contribution is 0.419. The van der Waals surface area contributed by atoms with Gasteiger partial charge < -0.3 is 24.5 Å². The Hall–Kier alpha value is -0.750. The first-order valence-corrected chi connectivity index (χ1v) is 2.91. The van der Waals surface area contributed by atoms with Crippen LogP contribution < -0.4 is 10.9 Å². The van der Waals surface area contributed by atoms with Crippen molar-refractivity contribution in [3.05, 3.63) is 12.5 Å². The smallest absolute Gasteiger partial charge is 0.473 e. The Morgan fingerprint density at radius 2 is 1.27 bits per heavy atom. The van der Waals surface area contributed by atoms with Crippen LogP contribution >= 0.6 is 0 Å². The van der Waals surface area contributed by atoms with Crippen LogP contribution in [0.3, 0.4) is 0 Å². The summed E-state index contributed by atoms with van der Waals surface area (Å²) in [5.74, 6) is 0. The van der Waals surface area contributed by atoms with Crippen LogP contribution in [0.25, 0.3) is 0 Å². The third-order valence-electron chi connectivity index (χ3n) is 1.28. The monoisotopic (exact) mass is 156 g/mol. The maximum absolute atomic E-state index is 8.62. The summed E-state index contributed by atoms with van der Waals surface area (Å²) in [6.45, 7) is 0. The fourth-order valence-corrected chi connectivity index (χ4v) is 0.737. The molecule has 0 spiro atoms. The Morgan fingerprint density at radius 1 is 0.909 bits per heavy atom. The van der Waals surface area contributed by atoms with Crippen LogP contribution in [-0.2, 0) is 0 Å². The second-order valence-corrected chi connectivity index (χ2v) is 2.03. The number of hydrogen-bond donors (Lipinski definition) is 4. The molecule has 0 aromatic carbocycles. The van der Waals surface area contributed by atoms with Crippen molar-refractivity contribution >= 4 is 25.2 Å². The highest BCUT2D eigenvalue weighted by Crippen LogP contribution is 1.83. The van der Waals surface area contributed by atoms with Gasteiger partial charge >= 0.3 is 14.2 Å². The van der Waals surface area contributed by atoms with Crippen LogP contribution in [0.1, 0.15) is 0 Å². The maximum Gasteiger partial charge on any atom is 0.491 e. The van der Waals surface area contributed by atoms with Gasteiger partial charge in [0.2, 0.25) is 0 Å². The first-order valence-electron chi connectivity index (χ1n) is 2.91. The van der Waals surface area contributed by atoms with Crippen LogP contribution in [0.15, 0.2) is 16.9 Å². The summed E-state index contributed by atoms with van der Waals surface area (Å²) in [6.07, 6.45) is 2.08. The van der Waals surface area contributed by atoms with E-state index in [9.17, 15) is 0 Å². The van der Waals surface area contributed by atoms with Gasteiger partial charge in [-0.1, -0.05) is 0 Å². The van der Waals surface area contributed by atoms with Crippen molar-refractivity contribution in [3.63, 3.8) is 0 Å². The van der Waals surface area contributed by atoms with Crippen molar-refractivity contribution in [1.82, 2.24) is 0 Å². The third-order valence-corrected chi connectivity index (χ3v) is 1.28. The summed E-state index contributed by atoms with van der Waals surface area (Å²) in [6, 6.07) is 0. The van der Waals surface area contributed by atoms with E-state index < -0.39 is 14.2 Å². The van der Waals surface area contributed by atoms with Crippen molar-refractivity contribution in [1.29, 1.82) is 0 Å². The first-order chi connectivity index (χ1) is 5.13. The second-order valence-electron chi connectivity index (χ2n) is 2.03. The van der Waals surface area contributed by atoms with E-state index in [2.05, 4.69) is 4.42 Å². The Labute approximate surface area is 63.2 Å². The molecular formula is C4H6B2O5. The van der Waals surface area contributed by atoms with Gasteiger partial charge in [0.05, 0.1) is 12.5 Å². The average Bonchev–Trinajstić information content (AvgIpc) is 2.32. The van der Waals surface area contributed by atoms with Gasteiger partial charge in [0, 0.05) is 10.9 Å². The predicted octanol–water partition coefficient (Wildman–Crippen LogP) is -3.36. The van der Waals surface area contributed by atoms with Crippen molar-refractivity contribution < 1.29 is 24.5 Å². The molecule has 0 radical (unpaired) electrons. The Balaban J connectivity index is 2.96. The van der Waals surface area contributed by atoms with Gasteiger partial charge in [-0.25, -0.2) is 0 Å². The lowest BCUT2D eigenvalue weighted by Crippen LogP contribution is -2.47. The molecule has 1 rings (SSSR count). The Bertz CT molecular complexity index is 210. The highest BCUT2D eigenvalue weighted by Gasteiger charge is 2.25. The predicted molar refractivity (Wildman–Crippen MR) is 38.4 cm³/mol. The number of furan rings is 1. The van der Waals surface area contributed by atoms with Gasteiger partial charge in [0.25, 0.3) is 0 Å². The fourth-order valence-electron chi connectivity index (χ4n) is 0.737. The minimum atomic E-state index is -1.74. The standard InChI is InChI=1S/C4H6B2O5/c7-5(8)3-1-11-2-4(3)6(9)10/h1-2,7-10H. The molecule has 1 aromatic rings. The van der Waals surface area contributed by atoms with E-state index in [1.54, 1.807) is 0 Å². The molecule has 1 aromatic heterocycles. The quantitative estimate of drug-likeness (QED) is 0.335. The Kier molecular flexibility index (Phi) is 2.35. The maximum atomic E-state index is 8.62. The molecule has 58 valence electrons. The summed E-state index contributed by atoms with van der Waals surface area (Å²) < 4.78 is 4.53. The molecule has 0 atom stereocenters. The molecule has 0 fully saturated rings. The molecule has 0 saturated heterocycles. The highest BCUT2D eigenvalue weighted by molar-refractivity contribution is 6.71. The molecule has 0 amide bonds. The summed E-state index contributed by atoms with van der Waals surface area (Å²) >= 11 is 0. The molecule has 0 aliphatic heterocycles. The van der Waals surface area contributed by atoms with Gasteiger partial charge in [-0.2, -0.15) is 0 Å². The van der Waals surface area contributed by atoms with Gasteiger partial charge in [-0.15, -0.1) is 0 Å². The summed E-state index contributed by atoms with van der Waals surface area (Å²) in [5.41, 5.74) is -0.0833. The normalized spacial score (nSPS) is 9.82. The van der Waals surface area contributed by atoms with Crippen LogP contribution in [0.5, 0.6) is 0 Å². The number of hydrogen-bond acceptors (Lipinski definition) is 5. The van der Waals surface area contributed by atoms with Crippen LogP contribution in [0.4, 0.5) is 0 Å². The summed E-state index contributed by atoms with van der Waals surface area (Å²) in [4.78, 5) is 0. The average molecular weight is 156 g/mol. The van der Waals surface area contributed by atoms with Crippen molar-refractivity contribution in [2.45, 2.75) is 0 Å². The second kappa shape index (κ2) is 3.10. The van der Waals surface area contributed by atoms with E-state index in [1.165, 1.54) is 0 Å². The SMILES string of the molecule is OB(O)c1cocc1B(O)O.